The molecule has 0 aliphatic carbocycles. The molecule has 0 aliphatic heterocycles. The number of methoxy groups -OCH3 is 2. The monoisotopic (exact) mass is 399 g/mol. The Morgan fingerprint density at radius 2 is 1.89 bits per heavy atom. The van der Waals surface area contributed by atoms with Crippen LogP contribution in [0.25, 0.3) is 11.6 Å². The topological polar surface area (TPSA) is 57.1 Å². The molecule has 2 aromatic carbocycles. The summed E-state index contributed by atoms with van der Waals surface area (Å²) in [4.78, 5) is 17.3. The number of esters is 1. The second-order valence-corrected chi connectivity index (χ2v) is 6.28. The van der Waals surface area contributed by atoms with Gasteiger partial charge in [-0.15, -0.1) is 0 Å². The van der Waals surface area contributed by atoms with Gasteiger partial charge < -0.3 is 14.3 Å². The van der Waals surface area contributed by atoms with Crippen molar-refractivity contribution in [3.63, 3.8) is 0 Å². The van der Waals surface area contributed by atoms with E-state index in [0.29, 0.717) is 27.6 Å². The number of hydrogen-bond acceptors (Lipinski definition) is 5. The molecule has 2 aromatic rings. The normalized spacial score (nSPS) is 11.4. The largest absolute Gasteiger partial charge is 0.496 e. The van der Waals surface area contributed by atoms with Gasteiger partial charge in [-0.25, -0.2) is 4.79 Å². The third kappa shape index (κ3) is 5.72. The fourth-order valence-corrected chi connectivity index (χ4v) is 2.57. The van der Waals surface area contributed by atoms with Crippen LogP contribution in [0.1, 0.15) is 23.6 Å². The molecule has 0 aromatic heterocycles. The molecule has 2 rings (SSSR count). The molecule has 146 valence electrons. The van der Waals surface area contributed by atoms with E-state index >= 15 is 0 Å². The van der Waals surface area contributed by atoms with Crippen LogP contribution in [0.5, 0.6) is 5.75 Å². The summed E-state index contributed by atoms with van der Waals surface area (Å²) >= 11 is 5.88. The van der Waals surface area contributed by atoms with E-state index < -0.39 is 5.97 Å². The predicted octanol–water partition coefficient (Wildman–Crippen LogP) is 5.14. The van der Waals surface area contributed by atoms with Crippen molar-refractivity contribution in [1.82, 2.24) is 0 Å². The summed E-state index contributed by atoms with van der Waals surface area (Å²) in [5.74, 6) is 0.0622. The second kappa shape index (κ2) is 10.3. The van der Waals surface area contributed by atoms with Gasteiger partial charge in [0.2, 0.25) is 0 Å². The van der Waals surface area contributed by atoms with Gasteiger partial charge >= 0.3 is 5.97 Å². The predicted molar refractivity (Wildman–Crippen MR) is 112 cm³/mol. The van der Waals surface area contributed by atoms with Crippen molar-refractivity contribution >= 4 is 34.9 Å². The molecular weight excluding hydrogens is 378 g/mol. The summed E-state index contributed by atoms with van der Waals surface area (Å²) in [5, 5.41) is 4.78. The number of ether oxygens (including phenoxy) is 2. The minimum absolute atomic E-state index is 0.113. The Bertz CT molecular complexity index is 901. The third-order valence-electron chi connectivity index (χ3n) is 3.91. The Kier molecular flexibility index (Phi) is 7.84. The van der Waals surface area contributed by atoms with E-state index in [4.69, 9.17) is 25.9 Å². The number of rotatable bonds is 8. The lowest BCUT2D eigenvalue weighted by Gasteiger charge is -2.13. The van der Waals surface area contributed by atoms with Crippen molar-refractivity contribution in [2.24, 2.45) is 5.16 Å². The summed E-state index contributed by atoms with van der Waals surface area (Å²) in [6.07, 6.45) is 3.74. The maximum atomic E-state index is 11.8. The molecule has 0 aliphatic rings. The second-order valence-electron chi connectivity index (χ2n) is 5.85. The van der Waals surface area contributed by atoms with Crippen LogP contribution < -0.4 is 4.74 Å². The van der Waals surface area contributed by atoms with E-state index in [1.807, 2.05) is 43.3 Å². The van der Waals surface area contributed by atoms with Gasteiger partial charge in [0.15, 0.2) is 0 Å². The summed E-state index contributed by atoms with van der Waals surface area (Å²) in [7, 11) is 2.86. The van der Waals surface area contributed by atoms with Crippen LogP contribution in [0, 0.1) is 0 Å². The lowest BCUT2D eigenvalue weighted by molar-refractivity contribution is -0.133. The smallest absolute Gasteiger partial charge is 0.337 e. The van der Waals surface area contributed by atoms with Crippen LogP contribution in [0.4, 0.5) is 0 Å². The third-order valence-corrected chi connectivity index (χ3v) is 4.17. The van der Waals surface area contributed by atoms with E-state index in [9.17, 15) is 4.79 Å². The molecule has 0 atom stereocenters. The van der Waals surface area contributed by atoms with Crippen molar-refractivity contribution in [3.05, 3.63) is 76.8 Å². The van der Waals surface area contributed by atoms with Gasteiger partial charge in [-0.2, -0.15) is 0 Å². The first-order chi connectivity index (χ1) is 13.5. The standard InChI is InChI=1S/C22H22ClNO4/c1-15(8-9-17-10-12-18(23)13-11-17)24-28-14-20-19(16(2)22(25)27-4)6-5-7-21(20)26-3/h5-13H,2,14H2,1,3-4H3/b9-8+,24-15+. The Balaban J connectivity index is 2.12. The zero-order chi connectivity index (χ0) is 20.5. The quantitative estimate of drug-likeness (QED) is 0.267. The zero-order valence-electron chi connectivity index (χ0n) is 16.1. The minimum Gasteiger partial charge on any atom is -0.496 e. The lowest BCUT2D eigenvalue weighted by atomic mass is 10.0. The number of carbonyl (C=O) groups excluding carboxylic acids is 1. The minimum atomic E-state index is -0.514. The van der Waals surface area contributed by atoms with Crippen LogP contribution in [0.2, 0.25) is 5.02 Å². The maximum absolute atomic E-state index is 11.8. The fraction of sp³-hybridized carbons (Fsp3) is 0.182. The molecule has 0 amide bonds. The van der Waals surface area contributed by atoms with Crippen molar-refractivity contribution in [1.29, 1.82) is 0 Å². The molecule has 0 heterocycles. The molecule has 0 unspecified atom stereocenters. The molecule has 5 nitrogen and oxygen atoms in total. The molecule has 0 bridgehead atoms. The van der Waals surface area contributed by atoms with E-state index in [0.717, 1.165) is 5.56 Å². The van der Waals surface area contributed by atoms with E-state index in [-0.39, 0.29) is 12.2 Å². The molecule has 0 fully saturated rings. The summed E-state index contributed by atoms with van der Waals surface area (Å²) < 4.78 is 10.1. The highest BCUT2D eigenvalue weighted by Crippen LogP contribution is 2.28. The van der Waals surface area contributed by atoms with Crippen LogP contribution >= 0.6 is 11.6 Å². The number of carbonyl (C=O) groups is 1. The van der Waals surface area contributed by atoms with Gasteiger partial charge in [-0.1, -0.05) is 53.7 Å². The number of nitrogens with zero attached hydrogens (tertiary/aromatic N) is 1. The summed E-state index contributed by atoms with van der Waals surface area (Å²) in [5.41, 5.74) is 3.16. The number of halogens is 1. The highest BCUT2D eigenvalue weighted by molar-refractivity contribution is 6.30. The summed E-state index contributed by atoms with van der Waals surface area (Å²) in [6, 6.07) is 12.8. The Morgan fingerprint density at radius 1 is 1.18 bits per heavy atom. The molecule has 6 heteroatoms. The van der Waals surface area contributed by atoms with Crippen molar-refractivity contribution in [2.75, 3.05) is 14.2 Å². The van der Waals surface area contributed by atoms with Gasteiger partial charge in [0.1, 0.15) is 12.4 Å². The highest BCUT2D eigenvalue weighted by Gasteiger charge is 2.17. The Morgan fingerprint density at radius 3 is 2.54 bits per heavy atom. The average Bonchev–Trinajstić information content (AvgIpc) is 2.72. The van der Waals surface area contributed by atoms with Gasteiger partial charge in [0.25, 0.3) is 0 Å². The number of oxime groups is 1. The molecule has 0 radical (unpaired) electrons. The lowest BCUT2D eigenvalue weighted by Crippen LogP contribution is -2.07. The van der Waals surface area contributed by atoms with Crippen LogP contribution in [-0.4, -0.2) is 25.9 Å². The maximum Gasteiger partial charge on any atom is 0.337 e. The first kappa shape index (κ1) is 21.3. The van der Waals surface area contributed by atoms with Gasteiger partial charge in [0, 0.05) is 10.6 Å². The van der Waals surface area contributed by atoms with Crippen molar-refractivity contribution in [3.8, 4) is 5.75 Å². The molecule has 0 spiro atoms. The summed E-state index contributed by atoms with van der Waals surface area (Å²) in [6.45, 7) is 5.74. The molecule has 0 N–H and O–H groups in total. The Hall–Kier alpha value is -3.05. The highest BCUT2D eigenvalue weighted by atomic mass is 35.5. The molecule has 0 saturated carbocycles. The van der Waals surface area contributed by atoms with E-state index in [1.165, 1.54) is 7.11 Å². The van der Waals surface area contributed by atoms with Crippen molar-refractivity contribution < 1.29 is 19.1 Å². The first-order valence-corrected chi connectivity index (χ1v) is 8.87. The van der Waals surface area contributed by atoms with Gasteiger partial charge in [-0.3, -0.25) is 0 Å². The SMILES string of the molecule is C=C(C(=O)OC)c1cccc(OC)c1CO/N=C(C)/C=C/c1ccc(Cl)cc1. The number of hydrogen-bond donors (Lipinski definition) is 0. The molecule has 28 heavy (non-hydrogen) atoms. The van der Waals surface area contributed by atoms with Crippen LogP contribution in [-0.2, 0) is 21.0 Å². The average molecular weight is 400 g/mol. The van der Waals surface area contributed by atoms with Crippen LogP contribution in [0.15, 0.2) is 60.3 Å². The van der Waals surface area contributed by atoms with Crippen LogP contribution in [0.3, 0.4) is 0 Å². The Labute approximate surface area is 169 Å². The first-order valence-electron chi connectivity index (χ1n) is 8.50. The number of allylic oxidation sites excluding steroid dienone is 1. The zero-order valence-corrected chi connectivity index (χ0v) is 16.8. The van der Waals surface area contributed by atoms with E-state index in [2.05, 4.69) is 11.7 Å². The molecule has 0 saturated heterocycles. The fourth-order valence-electron chi connectivity index (χ4n) is 2.44. The molecular formula is C22H22ClNO4. The van der Waals surface area contributed by atoms with Crippen molar-refractivity contribution in [2.45, 2.75) is 13.5 Å². The van der Waals surface area contributed by atoms with Gasteiger partial charge in [0.05, 0.1) is 25.5 Å². The van der Waals surface area contributed by atoms with Gasteiger partial charge in [-0.05, 0) is 42.3 Å². The van der Waals surface area contributed by atoms with E-state index in [1.54, 1.807) is 25.3 Å². The number of benzene rings is 2.